The van der Waals surface area contributed by atoms with Crippen LogP contribution in [0.4, 0.5) is 0 Å². The van der Waals surface area contributed by atoms with Crippen LogP contribution in [0.3, 0.4) is 0 Å². The van der Waals surface area contributed by atoms with Crippen LogP contribution in [0.2, 0.25) is 0 Å². The molecule has 1 heterocycles. The predicted octanol–water partition coefficient (Wildman–Crippen LogP) is 1.77. The average molecular weight is 322 g/mol. The fraction of sp³-hybridized carbons (Fsp3) is 0.562. The van der Waals surface area contributed by atoms with Gasteiger partial charge < -0.3 is 10.1 Å². The average Bonchev–Trinajstić information content (AvgIpc) is 3.13. The maximum absolute atomic E-state index is 12.1. The summed E-state index contributed by atoms with van der Waals surface area (Å²) in [6.45, 7) is 0.279. The highest BCUT2D eigenvalue weighted by Crippen LogP contribution is 2.34. The van der Waals surface area contributed by atoms with Crippen LogP contribution in [0.5, 0.6) is 0 Å². The summed E-state index contributed by atoms with van der Waals surface area (Å²) in [4.78, 5) is 16.6. The molecule has 1 unspecified atom stereocenters. The summed E-state index contributed by atoms with van der Waals surface area (Å²) in [6, 6.07) is 7.53. The summed E-state index contributed by atoms with van der Waals surface area (Å²) in [5, 5.41) is 20.0. The molecule has 3 N–H and O–H groups in total. The van der Waals surface area contributed by atoms with E-state index in [1.54, 1.807) is 12.1 Å². The quantitative estimate of drug-likeness (QED) is 0.543. The smallest absolute Gasteiger partial charge is 0.323 e. The van der Waals surface area contributed by atoms with Gasteiger partial charge in [-0.2, -0.15) is 0 Å². The standard InChI is InChI=1S/C16H22N2O5/c19-16(15-8-13-2-1-3-14(13)17-15)22-9-11-4-6-12(7-5-11)10-23-18(20)21/h4-7,13-15,17,20-21H,1-3,8-10H2/t13-,14-,15?/m0/s1. The number of carbonyl (C=O) groups is 1. The molecule has 0 radical (unpaired) electrons. The lowest BCUT2D eigenvalue weighted by Crippen LogP contribution is -2.36. The number of nitrogens with zero attached hydrogens (tertiary/aromatic N) is 1. The van der Waals surface area contributed by atoms with Gasteiger partial charge in [-0.1, -0.05) is 30.7 Å². The van der Waals surface area contributed by atoms with Crippen molar-refractivity contribution in [3.05, 3.63) is 35.4 Å². The number of fused-ring (bicyclic) bond motifs is 1. The van der Waals surface area contributed by atoms with E-state index in [1.807, 2.05) is 12.1 Å². The van der Waals surface area contributed by atoms with Crippen molar-refractivity contribution < 1.29 is 24.8 Å². The molecule has 0 bridgehead atoms. The highest BCUT2D eigenvalue weighted by atomic mass is 17.1. The lowest BCUT2D eigenvalue weighted by Gasteiger charge is -2.13. The Balaban J connectivity index is 1.44. The minimum absolute atomic E-state index is 0.0435. The molecule has 0 spiro atoms. The van der Waals surface area contributed by atoms with E-state index in [4.69, 9.17) is 15.2 Å². The first-order valence-corrected chi connectivity index (χ1v) is 7.93. The van der Waals surface area contributed by atoms with Crippen molar-refractivity contribution in [2.45, 2.75) is 51.0 Å². The second-order valence-corrected chi connectivity index (χ2v) is 6.20. The monoisotopic (exact) mass is 322 g/mol. The Morgan fingerprint density at radius 1 is 1.17 bits per heavy atom. The number of rotatable bonds is 6. The molecule has 23 heavy (non-hydrogen) atoms. The van der Waals surface area contributed by atoms with E-state index in [-0.39, 0.29) is 30.6 Å². The van der Waals surface area contributed by atoms with Gasteiger partial charge in [0.05, 0.1) is 12.0 Å². The first-order chi connectivity index (χ1) is 11.1. The van der Waals surface area contributed by atoms with Crippen molar-refractivity contribution in [3.63, 3.8) is 0 Å². The van der Waals surface area contributed by atoms with E-state index in [9.17, 15) is 4.79 Å². The number of nitrogens with one attached hydrogen (secondary N) is 1. The maximum Gasteiger partial charge on any atom is 0.323 e. The summed E-state index contributed by atoms with van der Waals surface area (Å²) < 4.78 is 5.39. The van der Waals surface area contributed by atoms with Crippen LogP contribution >= 0.6 is 0 Å². The molecular formula is C16H22N2O5. The summed E-state index contributed by atoms with van der Waals surface area (Å²) in [5.74, 6) is 0.451. The molecule has 126 valence electrons. The van der Waals surface area contributed by atoms with E-state index in [0.29, 0.717) is 12.0 Å². The van der Waals surface area contributed by atoms with Crippen molar-refractivity contribution >= 4 is 5.97 Å². The fourth-order valence-electron chi connectivity index (χ4n) is 3.45. The molecule has 0 amide bonds. The lowest BCUT2D eigenvalue weighted by molar-refractivity contribution is -0.497. The molecule has 1 saturated heterocycles. The number of hydrogen-bond donors (Lipinski definition) is 3. The molecule has 2 aliphatic rings. The summed E-state index contributed by atoms with van der Waals surface area (Å²) >= 11 is 0. The van der Waals surface area contributed by atoms with E-state index in [0.717, 1.165) is 24.0 Å². The summed E-state index contributed by atoms with van der Waals surface area (Å²) in [6.07, 6.45) is 4.52. The van der Waals surface area contributed by atoms with Crippen molar-refractivity contribution in [1.82, 2.24) is 10.7 Å². The predicted molar refractivity (Wildman–Crippen MR) is 79.1 cm³/mol. The molecule has 3 atom stereocenters. The van der Waals surface area contributed by atoms with E-state index in [1.165, 1.54) is 12.8 Å². The number of ether oxygens (including phenoxy) is 1. The third kappa shape index (κ3) is 4.27. The first-order valence-electron chi connectivity index (χ1n) is 7.93. The summed E-state index contributed by atoms with van der Waals surface area (Å²) in [5.41, 5.74) is 1.66. The molecule has 1 aliphatic heterocycles. The zero-order chi connectivity index (χ0) is 16.2. The lowest BCUT2D eigenvalue weighted by atomic mass is 10.0. The Bertz CT molecular complexity index is 522. The molecule has 0 aromatic heterocycles. The number of carbonyl (C=O) groups excluding carboxylic acids is 1. The Labute approximate surface area is 134 Å². The van der Waals surface area contributed by atoms with Gasteiger partial charge in [0, 0.05) is 6.04 Å². The number of benzene rings is 1. The largest absolute Gasteiger partial charge is 0.460 e. The SMILES string of the molecule is O=C(OCc1ccc(CON(O)O)cc1)C1C[C@@H]2CCC[C@@H]2N1. The van der Waals surface area contributed by atoms with Crippen molar-refractivity contribution in [2.75, 3.05) is 0 Å². The van der Waals surface area contributed by atoms with Crippen molar-refractivity contribution in [3.8, 4) is 0 Å². The molecule has 1 aromatic rings. The van der Waals surface area contributed by atoms with Gasteiger partial charge in [-0.25, -0.2) is 4.84 Å². The van der Waals surface area contributed by atoms with Gasteiger partial charge in [-0.05, 0) is 36.3 Å². The third-order valence-electron chi connectivity index (χ3n) is 4.65. The first kappa shape index (κ1) is 16.4. The minimum atomic E-state index is -0.320. The molecule has 1 saturated carbocycles. The third-order valence-corrected chi connectivity index (χ3v) is 4.65. The van der Waals surface area contributed by atoms with Gasteiger partial charge in [0.15, 0.2) is 0 Å². The molecular weight excluding hydrogens is 300 g/mol. The molecule has 2 fully saturated rings. The topological polar surface area (TPSA) is 91.3 Å². The van der Waals surface area contributed by atoms with Crippen LogP contribution in [0.25, 0.3) is 0 Å². The number of esters is 1. The molecule has 7 nitrogen and oxygen atoms in total. The fourth-order valence-corrected chi connectivity index (χ4v) is 3.45. The van der Waals surface area contributed by atoms with Crippen LogP contribution in [0.1, 0.15) is 36.8 Å². The molecule has 1 aliphatic carbocycles. The molecule has 7 heteroatoms. The zero-order valence-electron chi connectivity index (χ0n) is 12.9. The second kappa shape index (κ2) is 7.37. The van der Waals surface area contributed by atoms with Crippen LogP contribution < -0.4 is 5.32 Å². The molecule has 1 aromatic carbocycles. The highest BCUT2D eigenvalue weighted by Gasteiger charge is 2.40. The van der Waals surface area contributed by atoms with E-state index >= 15 is 0 Å². The normalized spacial score (nSPS) is 26.5. The van der Waals surface area contributed by atoms with E-state index < -0.39 is 0 Å². The van der Waals surface area contributed by atoms with Crippen LogP contribution in [0, 0.1) is 5.92 Å². The van der Waals surface area contributed by atoms with Gasteiger partial charge in [0.2, 0.25) is 0 Å². The maximum atomic E-state index is 12.1. The highest BCUT2D eigenvalue weighted by molar-refractivity contribution is 5.76. The van der Waals surface area contributed by atoms with Gasteiger partial charge in [0.1, 0.15) is 12.6 Å². The Kier molecular flexibility index (Phi) is 5.24. The van der Waals surface area contributed by atoms with Crippen molar-refractivity contribution in [1.29, 1.82) is 0 Å². The van der Waals surface area contributed by atoms with Crippen molar-refractivity contribution in [2.24, 2.45) is 5.92 Å². The van der Waals surface area contributed by atoms with E-state index in [2.05, 4.69) is 10.2 Å². The Hall–Kier alpha value is -1.51. The second-order valence-electron chi connectivity index (χ2n) is 6.20. The summed E-state index contributed by atoms with van der Waals surface area (Å²) in [7, 11) is 0. The van der Waals surface area contributed by atoms with Gasteiger partial charge in [-0.3, -0.25) is 15.2 Å². The van der Waals surface area contributed by atoms with Crippen LogP contribution in [0.15, 0.2) is 24.3 Å². The van der Waals surface area contributed by atoms with Gasteiger partial charge in [0.25, 0.3) is 0 Å². The molecule has 3 rings (SSSR count). The Morgan fingerprint density at radius 3 is 2.52 bits per heavy atom. The Morgan fingerprint density at radius 2 is 1.87 bits per heavy atom. The van der Waals surface area contributed by atoms with Gasteiger partial charge >= 0.3 is 5.97 Å². The zero-order valence-corrected chi connectivity index (χ0v) is 12.9. The minimum Gasteiger partial charge on any atom is -0.460 e. The van der Waals surface area contributed by atoms with Gasteiger partial charge in [-0.15, -0.1) is 0 Å². The van der Waals surface area contributed by atoms with Crippen LogP contribution in [-0.4, -0.2) is 33.9 Å². The number of hydrogen-bond acceptors (Lipinski definition) is 7. The van der Waals surface area contributed by atoms with Crippen LogP contribution in [-0.2, 0) is 27.6 Å².